The molecule has 2 aromatic carbocycles. The van der Waals surface area contributed by atoms with Crippen molar-refractivity contribution in [2.45, 2.75) is 39.3 Å². The molecule has 3 heteroatoms. The molecule has 0 aromatic heterocycles. The number of carbonyl (C=O) groups excluding carboxylic acids is 1. The predicted octanol–water partition coefficient (Wildman–Crippen LogP) is 4.75. The molecule has 0 saturated heterocycles. The third-order valence-electron chi connectivity index (χ3n) is 3.61. The standard InChI is InChI=1S/C21H25NO2/c1-4-20(18-8-6-5-7-9-18)22-21(23)15-12-17-10-13-19(14-11-17)24-16(2)3/h5-16,20H,4H2,1-3H3,(H,22,23)/b15-12+/t20-/m1/s1. The van der Waals surface area contributed by atoms with Crippen LogP contribution >= 0.6 is 0 Å². The molecule has 1 N–H and O–H groups in total. The van der Waals surface area contributed by atoms with Crippen LogP contribution < -0.4 is 10.1 Å². The van der Waals surface area contributed by atoms with E-state index in [9.17, 15) is 4.79 Å². The Hall–Kier alpha value is -2.55. The van der Waals surface area contributed by atoms with Crippen molar-refractivity contribution in [2.75, 3.05) is 0 Å². The zero-order chi connectivity index (χ0) is 17.4. The third kappa shape index (κ3) is 5.58. The first-order chi connectivity index (χ1) is 11.6. The summed E-state index contributed by atoms with van der Waals surface area (Å²) < 4.78 is 5.61. The van der Waals surface area contributed by atoms with Gasteiger partial charge in [0.15, 0.2) is 0 Å². The van der Waals surface area contributed by atoms with Gasteiger partial charge in [0.05, 0.1) is 12.1 Å². The normalized spacial score (nSPS) is 12.3. The van der Waals surface area contributed by atoms with Gasteiger partial charge >= 0.3 is 0 Å². The van der Waals surface area contributed by atoms with Crippen molar-refractivity contribution in [3.63, 3.8) is 0 Å². The molecule has 0 aliphatic carbocycles. The second kappa shape index (κ2) is 8.92. The maximum Gasteiger partial charge on any atom is 0.244 e. The number of hydrogen-bond acceptors (Lipinski definition) is 2. The summed E-state index contributed by atoms with van der Waals surface area (Å²) in [6, 6.07) is 17.8. The molecular formula is C21H25NO2. The Balaban J connectivity index is 1.94. The molecule has 0 bridgehead atoms. The first-order valence-electron chi connectivity index (χ1n) is 8.38. The zero-order valence-corrected chi connectivity index (χ0v) is 14.5. The van der Waals surface area contributed by atoms with Crippen molar-refractivity contribution < 1.29 is 9.53 Å². The minimum atomic E-state index is -0.0896. The van der Waals surface area contributed by atoms with E-state index in [0.717, 1.165) is 23.3 Å². The lowest BCUT2D eigenvalue weighted by molar-refractivity contribution is -0.117. The van der Waals surface area contributed by atoms with E-state index >= 15 is 0 Å². The summed E-state index contributed by atoms with van der Waals surface area (Å²) in [6.45, 7) is 6.05. The Bertz CT molecular complexity index is 660. The molecule has 0 spiro atoms. The molecule has 126 valence electrons. The minimum absolute atomic E-state index is 0.0326. The maximum absolute atomic E-state index is 12.1. The number of benzene rings is 2. The van der Waals surface area contributed by atoms with E-state index in [2.05, 4.69) is 12.2 Å². The highest BCUT2D eigenvalue weighted by molar-refractivity contribution is 5.92. The molecule has 0 aliphatic rings. The van der Waals surface area contributed by atoms with Crippen LogP contribution in [-0.2, 0) is 4.79 Å². The molecule has 3 nitrogen and oxygen atoms in total. The van der Waals surface area contributed by atoms with E-state index in [1.165, 1.54) is 0 Å². The van der Waals surface area contributed by atoms with Gasteiger partial charge in [-0.3, -0.25) is 4.79 Å². The van der Waals surface area contributed by atoms with Crippen molar-refractivity contribution in [2.24, 2.45) is 0 Å². The fourth-order valence-electron chi connectivity index (χ4n) is 2.43. The van der Waals surface area contributed by atoms with E-state index in [-0.39, 0.29) is 18.1 Å². The number of carbonyl (C=O) groups is 1. The van der Waals surface area contributed by atoms with Crippen molar-refractivity contribution >= 4 is 12.0 Å². The summed E-state index contributed by atoms with van der Waals surface area (Å²) in [5.41, 5.74) is 2.09. The highest BCUT2D eigenvalue weighted by atomic mass is 16.5. The van der Waals surface area contributed by atoms with Gasteiger partial charge in [-0.05, 0) is 49.6 Å². The number of rotatable bonds is 7. The van der Waals surface area contributed by atoms with E-state index in [1.54, 1.807) is 6.08 Å². The summed E-state index contributed by atoms with van der Waals surface area (Å²) in [5, 5.41) is 3.04. The molecule has 0 aliphatic heterocycles. The van der Waals surface area contributed by atoms with Crippen molar-refractivity contribution in [3.8, 4) is 5.75 Å². The minimum Gasteiger partial charge on any atom is -0.491 e. The molecule has 0 radical (unpaired) electrons. The van der Waals surface area contributed by atoms with Crippen LogP contribution in [0.15, 0.2) is 60.7 Å². The molecule has 0 heterocycles. The lowest BCUT2D eigenvalue weighted by Crippen LogP contribution is -2.26. The highest BCUT2D eigenvalue weighted by Gasteiger charge is 2.10. The van der Waals surface area contributed by atoms with E-state index in [4.69, 9.17) is 4.74 Å². The average molecular weight is 323 g/mol. The Labute approximate surface area is 144 Å². The van der Waals surface area contributed by atoms with E-state index in [0.29, 0.717) is 0 Å². The quantitative estimate of drug-likeness (QED) is 0.746. The zero-order valence-electron chi connectivity index (χ0n) is 14.5. The van der Waals surface area contributed by atoms with Crippen LogP contribution in [0.5, 0.6) is 5.75 Å². The third-order valence-corrected chi connectivity index (χ3v) is 3.61. The lowest BCUT2D eigenvalue weighted by Gasteiger charge is -2.16. The second-order valence-corrected chi connectivity index (χ2v) is 5.95. The smallest absolute Gasteiger partial charge is 0.244 e. The molecule has 2 aromatic rings. The van der Waals surface area contributed by atoms with Gasteiger partial charge < -0.3 is 10.1 Å². The van der Waals surface area contributed by atoms with Crippen LogP contribution in [0.25, 0.3) is 6.08 Å². The lowest BCUT2D eigenvalue weighted by atomic mass is 10.0. The van der Waals surface area contributed by atoms with Crippen LogP contribution in [0.1, 0.15) is 44.4 Å². The Kier molecular flexibility index (Phi) is 6.62. The molecular weight excluding hydrogens is 298 g/mol. The molecule has 0 saturated carbocycles. The second-order valence-electron chi connectivity index (χ2n) is 5.95. The van der Waals surface area contributed by atoms with Crippen LogP contribution in [0.4, 0.5) is 0 Å². The topological polar surface area (TPSA) is 38.3 Å². The van der Waals surface area contributed by atoms with Gasteiger partial charge in [-0.15, -0.1) is 0 Å². The van der Waals surface area contributed by atoms with Crippen molar-refractivity contribution in [1.29, 1.82) is 0 Å². The first-order valence-corrected chi connectivity index (χ1v) is 8.38. The molecule has 1 atom stereocenters. The monoisotopic (exact) mass is 323 g/mol. The number of nitrogens with one attached hydrogen (secondary N) is 1. The Morgan fingerprint density at radius 1 is 1.08 bits per heavy atom. The molecule has 0 unspecified atom stereocenters. The van der Waals surface area contributed by atoms with Gasteiger partial charge in [-0.2, -0.15) is 0 Å². The van der Waals surface area contributed by atoms with Gasteiger partial charge in [0.1, 0.15) is 5.75 Å². The number of amides is 1. The first kappa shape index (κ1) is 17.8. The number of ether oxygens (including phenoxy) is 1. The Morgan fingerprint density at radius 3 is 2.33 bits per heavy atom. The van der Waals surface area contributed by atoms with Gasteiger partial charge in [0.25, 0.3) is 0 Å². The van der Waals surface area contributed by atoms with Crippen LogP contribution in [-0.4, -0.2) is 12.0 Å². The summed E-state index contributed by atoms with van der Waals surface area (Å²) in [7, 11) is 0. The van der Waals surface area contributed by atoms with Gasteiger partial charge in [0.2, 0.25) is 5.91 Å². The summed E-state index contributed by atoms with van der Waals surface area (Å²) in [6.07, 6.45) is 4.39. The summed E-state index contributed by atoms with van der Waals surface area (Å²) >= 11 is 0. The van der Waals surface area contributed by atoms with Crippen molar-refractivity contribution in [1.82, 2.24) is 5.32 Å². The fraction of sp³-hybridized carbons (Fsp3) is 0.286. The van der Waals surface area contributed by atoms with Crippen LogP contribution in [0, 0.1) is 0 Å². The molecule has 2 rings (SSSR count). The Morgan fingerprint density at radius 2 is 1.75 bits per heavy atom. The predicted molar refractivity (Wildman–Crippen MR) is 98.9 cm³/mol. The van der Waals surface area contributed by atoms with Crippen LogP contribution in [0.3, 0.4) is 0 Å². The van der Waals surface area contributed by atoms with E-state index in [1.807, 2.05) is 74.5 Å². The largest absolute Gasteiger partial charge is 0.491 e. The summed E-state index contributed by atoms with van der Waals surface area (Å²) in [5.74, 6) is 0.745. The van der Waals surface area contributed by atoms with Gasteiger partial charge in [-0.1, -0.05) is 49.4 Å². The average Bonchev–Trinajstić information content (AvgIpc) is 2.59. The highest BCUT2D eigenvalue weighted by Crippen LogP contribution is 2.17. The van der Waals surface area contributed by atoms with Gasteiger partial charge in [0, 0.05) is 6.08 Å². The summed E-state index contributed by atoms with van der Waals surface area (Å²) in [4.78, 5) is 12.1. The SMILES string of the molecule is CC[C@@H](NC(=O)/C=C/c1ccc(OC(C)C)cc1)c1ccccc1. The van der Waals surface area contributed by atoms with E-state index < -0.39 is 0 Å². The fourth-order valence-corrected chi connectivity index (χ4v) is 2.43. The van der Waals surface area contributed by atoms with Crippen LogP contribution in [0.2, 0.25) is 0 Å². The molecule has 0 fully saturated rings. The van der Waals surface area contributed by atoms with Crippen molar-refractivity contribution in [3.05, 3.63) is 71.8 Å². The van der Waals surface area contributed by atoms with Gasteiger partial charge in [-0.25, -0.2) is 0 Å². The number of hydrogen-bond donors (Lipinski definition) is 1. The maximum atomic E-state index is 12.1. The molecule has 1 amide bonds. The molecule has 24 heavy (non-hydrogen) atoms.